The van der Waals surface area contributed by atoms with E-state index >= 15 is 0 Å². The molecule has 3 aromatic rings. The van der Waals surface area contributed by atoms with Gasteiger partial charge in [-0.1, -0.05) is 53.5 Å². The molecule has 0 spiro atoms. The highest BCUT2D eigenvalue weighted by Crippen LogP contribution is 2.38. The van der Waals surface area contributed by atoms with E-state index in [1.807, 2.05) is 49.4 Å². The maximum Gasteiger partial charge on any atom is 0.268 e. The van der Waals surface area contributed by atoms with Crippen molar-refractivity contribution in [1.82, 2.24) is 0 Å². The molecule has 0 aliphatic carbocycles. The smallest absolute Gasteiger partial charge is 0.268 e. The molecule has 172 valence electrons. The first-order valence-electron chi connectivity index (χ1n) is 10.8. The lowest BCUT2D eigenvalue weighted by molar-refractivity contribution is -0.114. The van der Waals surface area contributed by atoms with E-state index in [9.17, 15) is 10.1 Å². The van der Waals surface area contributed by atoms with Gasteiger partial charge in [0.1, 0.15) is 18.2 Å². The number of hydrogen-bond acceptors (Lipinski definition) is 4. The Kier molecular flexibility index (Phi) is 7.42. The van der Waals surface area contributed by atoms with Crippen LogP contribution in [-0.4, -0.2) is 19.1 Å². The molecule has 1 heterocycles. The Bertz CT molecular complexity index is 1280. The number of para-hydroxylation sites is 1. The average molecular weight is 493 g/mol. The number of fused-ring (bicyclic) bond motifs is 1. The van der Waals surface area contributed by atoms with Gasteiger partial charge in [0, 0.05) is 17.3 Å². The summed E-state index contributed by atoms with van der Waals surface area (Å²) < 4.78 is 11.7. The summed E-state index contributed by atoms with van der Waals surface area (Å²) in [5, 5.41) is 10.7. The summed E-state index contributed by atoms with van der Waals surface area (Å²) in [7, 11) is 0. The maximum atomic E-state index is 13.1. The van der Waals surface area contributed by atoms with Gasteiger partial charge >= 0.3 is 0 Å². The molecule has 1 amide bonds. The van der Waals surface area contributed by atoms with E-state index in [1.165, 1.54) is 6.08 Å². The normalized spacial score (nSPS) is 12.8. The highest BCUT2D eigenvalue weighted by atomic mass is 35.5. The molecule has 0 saturated heterocycles. The Balaban J connectivity index is 1.60. The highest BCUT2D eigenvalue weighted by Gasteiger charge is 2.26. The summed E-state index contributed by atoms with van der Waals surface area (Å²) in [5.74, 6) is 0.491. The number of halogens is 2. The average Bonchev–Trinajstić information content (AvgIpc) is 3.27. The zero-order valence-electron chi connectivity index (χ0n) is 18.6. The van der Waals surface area contributed by atoms with E-state index in [4.69, 9.17) is 32.7 Å². The minimum Gasteiger partial charge on any atom is -0.490 e. The topological polar surface area (TPSA) is 62.6 Å². The van der Waals surface area contributed by atoms with Crippen LogP contribution in [0.25, 0.3) is 6.08 Å². The first kappa shape index (κ1) is 23.7. The van der Waals surface area contributed by atoms with Crippen LogP contribution in [-0.2, 0) is 17.8 Å². The van der Waals surface area contributed by atoms with Crippen molar-refractivity contribution in [2.24, 2.45) is 0 Å². The van der Waals surface area contributed by atoms with E-state index in [0.29, 0.717) is 40.3 Å². The van der Waals surface area contributed by atoms with Crippen molar-refractivity contribution in [2.45, 2.75) is 20.0 Å². The van der Waals surface area contributed by atoms with E-state index < -0.39 is 0 Å². The molecule has 3 aromatic carbocycles. The number of carbonyl (C=O) groups is 1. The standard InChI is InChI=1S/C27H22Cl2N2O3/c1-2-33-25-15-19(14-23(29)26(25)34-17-18-7-9-22(28)10-8-18)13-21(16-30)27(32)31-12-11-20-5-3-4-6-24(20)31/h3-10,13-15H,2,11-12,17H2,1H3. The molecule has 0 atom stereocenters. The maximum absolute atomic E-state index is 13.1. The van der Waals surface area contributed by atoms with E-state index in [1.54, 1.807) is 29.2 Å². The zero-order valence-corrected chi connectivity index (χ0v) is 20.1. The third-order valence-corrected chi connectivity index (χ3v) is 5.96. The van der Waals surface area contributed by atoms with Gasteiger partial charge in [-0.05, 0) is 66.4 Å². The third-order valence-electron chi connectivity index (χ3n) is 5.42. The molecule has 5 nitrogen and oxygen atoms in total. The van der Waals surface area contributed by atoms with Crippen LogP contribution in [0.3, 0.4) is 0 Å². The molecule has 1 aliphatic rings. The Labute approximate surface area is 208 Å². The number of ether oxygens (including phenoxy) is 2. The highest BCUT2D eigenvalue weighted by molar-refractivity contribution is 6.32. The molecule has 0 fully saturated rings. The summed E-state index contributed by atoms with van der Waals surface area (Å²) in [6.45, 7) is 3.08. The summed E-state index contributed by atoms with van der Waals surface area (Å²) in [6, 6.07) is 20.5. The van der Waals surface area contributed by atoms with Gasteiger partial charge in [0.25, 0.3) is 5.91 Å². The monoisotopic (exact) mass is 492 g/mol. The number of carbonyl (C=O) groups excluding carboxylic acids is 1. The minimum atomic E-state index is -0.343. The summed E-state index contributed by atoms with van der Waals surface area (Å²) >= 11 is 12.5. The fraction of sp³-hybridized carbons (Fsp3) is 0.185. The lowest BCUT2D eigenvalue weighted by Gasteiger charge is -2.17. The van der Waals surface area contributed by atoms with Gasteiger partial charge < -0.3 is 14.4 Å². The SMILES string of the molecule is CCOc1cc(C=C(C#N)C(=O)N2CCc3ccccc32)cc(Cl)c1OCc1ccc(Cl)cc1. The number of anilines is 1. The van der Waals surface area contributed by atoms with Gasteiger partial charge in [-0.3, -0.25) is 4.79 Å². The molecule has 7 heteroatoms. The molecule has 0 radical (unpaired) electrons. The molecule has 34 heavy (non-hydrogen) atoms. The van der Waals surface area contributed by atoms with Gasteiger partial charge in [-0.15, -0.1) is 0 Å². The summed E-state index contributed by atoms with van der Waals surface area (Å²) in [4.78, 5) is 14.8. The lowest BCUT2D eigenvalue weighted by atomic mass is 10.1. The lowest BCUT2D eigenvalue weighted by Crippen LogP contribution is -2.29. The van der Waals surface area contributed by atoms with Crippen LogP contribution in [0.15, 0.2) is 66.2 Å². The van der Waals surface area contributed by atoms with Gasteiger partial charge in [0.05, 0.1) is 11.6 Å². The molecule has 0 unspecified atom stereocenters. The first-order chi connectivity index (χ1) is 16.5. The van der Waals surface area contributed by atoms with Crippen molar-refractivity contribution < 1.29 is 14.3 Å². The quantitative estimate of drug-likeness (QED) is 0.280. The Morgan fingerprint density at radius 3 is 2.62 bits per heavy atom. The van der Waals surface area contributed by atoms with Gasteiger partial charge in [-0.2, -0.15) is 5.26 Å². The molecule has 0 saturated carbocycles. The van der Waals surface area contributed by atoms with Crippen molar-refractivity contribution in [2.75, 3.05) is 18.1 Å². The molecule has 4 rings (SSSR count). The molecule has 0 aromatic heterocycles. The van der Waals surface area contributed by atoms with Gasteiger partial charge in [0.15, 0.2) is 11.5 Å². The number of benzene rings is 3. The van der Waals surface area contributed by atoms with E-state index in [0.717, 1.165) is 23.2 Å². The second kappa shape index (κ2) is 10.6. The predicted octanol–water partition coefficient (Wildman–Crippen LogP) is 6.47. The van der Waals surface area contributed by atoms with Crippen molar-refractivity contribution in [3.63, 3.8) is 0 Å². The Hall–Kier alpha value is -3.46. The van der Waals surface area contributed by atoms with Crippen molar-refractivity contribution in [3.8, 4) is 17.6 Å². The second-order valence-electron chi connectivity index (χ2n) is 7.68. The Morgan fingerprint density at radius 1 is 1.12 bits per heavy atom. The van der Waals surface area contributed by atoms with Crippen LogP contribution in [0.4, 0.5) is 5.69 Å². The van der Waals surface area contributed by atoms with Gasteiger partial charge in [-0.25, -0.2) is 0 Å². The van der Waals surface area contributed by atoms with E-state index in [-0.39, 0.29) is 18.1 Å². The number of hydrogen-bond donors (Lipinski definition) is 0. The van der Waals surface area contributed by atoms with Crippen LogP contribution in [0, 0.1) is 11.3 Å². The largest absolute Gasteiger partial charge is 0.490 e. The van der Waals surface area contributed by atoms with Crippen molar-refractivity contribution in [1.29, 1.82) is 5.26 Å². The fourth-order valence-electron chi connectivity index (χ4n) is 3.81. The molecule has 0 N–H and O–H groups in total. The van der Waals surface area contributed by atoms with Crippen molar-refractivity contribution in [3.05, 3.63) is 93.0 Å². The predicted molar refractivity (Wildman–Crippen MR) is 134 cm³/mol. The van der Waals surface area contributed by atoms with Gasteiger partial charge in [0.2, 0.25) is 0 Å². The zero-order chi connectivity index (χ0) is 24.1. The minimum absolute atomic E-state index is 0.0186. The van der Waals surface area contributed by atoms with Crippen LogP contribution in [0.2, 0.25) is 10.0 Å². The molecule has 0 bridgehead atoms. The number of nitriles is 1. The fourth-order valence-corrected chi connectivity index (χ4v) is 4.21. The summed E-state index contributed by atoms with van der Waals surface area (Å²) in [5.41, 5.74) is 3.45. The first-order valence-corrected chi connectivity index (χ1v) is 11.6. The summed E-state index contributed by atoms with van der Waals surface area (Å²) in [6.07, 6.45) is 2.29. The number of amides is 1. The van der Waals surface area contributed by atoms with Crippen LogP contribution < -0.4 is 14.4 Å². The Morgan fingerprint density at radius 2 is 1.88 bits per heavy atom. The second-order valence-corrected chi connectivity index (χ2v) is 8.53. The number of nitrogens with zero attached hydrogens (tertiary/aromatic N) is 2. The third kappa shape index (κ3) is 5.20. The van der Waals surface area contributed by atoms with Crippen LogP contribution >= 0.6 is 23.2 Å². The van der Waals surface area contributed by atoms with Crippen LogP contribution in [0.5, 0.6) is 11.5 Å². The van der Waals surface area contributed by atoms with Crippen LogP contribution in [0.1, 0.15) is 23.6 Å². The number of rotatable bonds is 7. The molecular weight excluding hydrogens is 471 g/mol. The van der Waals surface area contributed by atoms with Crippen molar-refractivity contribution >= 4 is 40.9 Å². The van der Waals surface area contributed by atoms with E-state index in [2.05, 4.69) is 0 Å². The molecular formula is C27H22Cl2N2O3. The molecule has 1 aliphatic heterocycles.